The average Bonchev–Trinajstić information content (AvgIpc) is 2.03. The molecular formula is C8H8ClIO2. The molecule has 0 radical (unpaired) electrons. The van der Waals surface area contributed by atoms with E-state index in [1.54, 1.807) is 20.3 Å². The van der Waals surface area contributed by atoms with Crippen molar-refractivity contribution in [3.63, 3.8) is 0 Å². The third kappa shape index (κ3) is 1.95. The lowest BCUT2D eigenvalue weighted by Gasteiger charge is -2.09. The molecule has 0 atom stereocenters. The van der Waals surface area contributed by atoms with Gasteiger partial charge in [0.2, 0.25) is 0 Å². The predicted octanol–water partition coefficient (Wildman–Crippen LogP) is 2.96. The zero-order valence-electron chi connectivity index (χ0n) is 6.73. The van der Waals surface area contributed by atoms with Crippen LogP contribution in [-0.4, -0.2) is 14.2 Å². The summed E-state index contributed by atoms with van der Waals surface area (Å²) in [7, 11) is 3.19. The molecule has 2 nitrogen and oxygen atoms in total. The van der Waals surface area contributed by atoms with Crippen molar-refractivity contribution in [3.8, 4) is 11.5 Å². The molecule has 0 spiro atoms. The lowest BCUT2D eigenvalue weighted by molar-refractivity contribution is 0.353. The largest absolute Gasteiger partial charge is 0.493 e. The van der Waals surface area contributed by atoms with E-state index in [1.165, 1.54) is 0 Å². The average molecular weight is 299 g/mol. The van der Waals surface area contributed by atoms with Crippen molar-refractivity contribution in [1.29, 1.82) is 0 Å². The topological polar surface area (TPSA) is 18.5 Å². The molecule has 0 heterocycles. The molecule has 4 heteroatoms. The van der Waals surface area contributed by atoms with Crippen LogP contribution in [0.5, 0.6) is 11.5 Å². The minimum atomic E-state index is 0.650. The maximum Gasteiger partial charge on any atom is 0.174 e. The van der Waals surface area contributed by atoms with Crippen molar-refractivity contribution < 1.29 is 9.47 Å². The van der Waals surface area contributed by atoms with Crippen LogP contribution in [0.15, 0.2) is 12.1 Å². The Hall–Kier alpha value is -0.160. The number of rotatable bonds is 2. The summed E-state index contributed by atoms with van der Waals surface area (Å²) in [5.41, 5.74) is 0. The van der Waals surface area contributed by atoms with Gasteiger partial charge in [-0.25, -0.2) is 0 Å². The SMILES string of the molecule is COc1cc(Cl)cc(I)c1OC. The summed E-state index contributed by atoms with van der Waals surface area (Å²) in [6, 6.07) is 3.55. The molecule has 0 aliphatic carbocycles. The smallest absolute Gasteiger partial charge is 0.174 e. The van der Waals surface area contributed by atoms with Gasteiger partial charge in [-0.3, -0.25) is 0 Å². The highest BCUT2D eigenvalue weighted by atomic mass is 127. The summed E-state index contributed by atoms with van der Waals surface area (Å²) < 4.78 is 11.2. The fourth-order valence-electron chi connectivity index (χ4n) is 0.886. The number of methoxy groups -OCH3 is 2. The molecule has 1 rings (SSSR count). The van der Waals surface area contributed by atoms with Gasteiger partial charge in [0.05, 0.1) is 17.8 Å². The molecule has 12 heavy (non-hydrogen) atoms. The Morgan fingerprint density at radius 2 is 1.92 bits per heavy atom. The predicted molar refractivity (Wildman–Crippen MR) is 57.3 cm³/mol. The number of benzene rings is 1. The van der Waals surface area contributed by atoms with Crippen LogP contribution in [0.25, 0.3) is 0 Å². The first-order valence-electron chi connectivity index (χ1n) is 3.26. The van der Waals surface area contributed by atoms with Gasteiger partial charge in [0.1, 0.15) is 0 Å². The van der Waals surface area contributed by atoms with E-state index in [0.717, 1.165) is 9.32 Å². The Morgan fingerprint density at radius 3 is 2.42 bits per heavy atom. The third-order valence-corrected chi connectivity index (χ3v) is 2.42. The second-order valence-corrected chi connectivity index (χ2v) is 3.72. The molecule has 0 bridgehead atoms. The van der Waals surface area contributed by atoms with Crippen LogP contribution in [0.4, 0.5) is 0 Å². The Labute approximate surface area is 90.0 Å². The quantitative estimate of drug-likeness (QED) is 0.782. The van der Waals surface area contributed by atoms with Crippen LogP contribution in [0.3, 0.4) is 0 Å². The highest BCUT2D eigenvalue weighted by Crippen LogP contribution is 2.34. The zero-order valence-corrected chi connectivity index (χ0v) is 9.64. The van der Waals surface area contributed by atoms with Crippen LogP contribution in [0.1, 0.15) is 0 Å². The van der Waals surface area contributed by atoms with Crippen molar-refractivity contribution in [2.24, 2.45) is 0 Å². The molecule has 0 unspecified atom stereocenters. The molecule has 66 valence electrons. The highest BCUT2D eigenvalue weighted by molar-refractivity contribution is 14.1. The van der Waals surface area contributed by atoms with E-state index in [4.69, 9.17) is 21.1 Å². The second kappa shape index (κ2) is 4.18. The first kappa shape index (κ1) is 9.92. The fraction of sp³-hybridized carbons (Fsp3) is 0.250. The van der Waals surface area contributed by atoms with Gasteiger partial charge in [-0.05, 0) is 28.7 Å². The van der Waals surface area contributed by atoms with Crippen molar-refractivity contribution in [2.45, 2.75) is 0 Å². The summed E-state index contributed by atoms with van der Waals surface area (Å²) in [6.45, 7) is 0. The molecule has 0 N–H and O–H groups in total. The maximum absolute atomic E-state index is 5.82. The summed E-state index contributed by atoms with van der Waals surface area (Å²) in [5, 5.41) is 0.650. The Kier molecular flexibility index (Phi) is 3.46. The van der Waals surface area contributed by atoms with E-state index in [1.807, 2.05) is 6.07 Å². The van der Waals surface area contributed by atoms with Gasteiger partial charge >= 0.3 is 0 Å². The minimum absolute atomic E-state index is 0.650. The van der Waals surface area contributed by atoms with Crippen molar-refractivity contribution >= 4 is 34.2 Å². The van der Waals surface area contributed by atoms with E-state index >= 15 is 0 Å². The lowest BCUT2D eigenvalue weighted by atomic mass is 10.3. The summed E-state index contributed by atoms with van der Waals surface area (Å²) in [4.78, 5) is 0. The molecule has 0 aromatic heterocycles. The molecule has 0 aliphatic rings. The number of ether oxygens (including phenoxy) is 2. The Bertz CT molecular complexity index is 289. The Balaban J connectivity index is 3.24. The second-order valence-electron chi connectivity index (χ2n) is 2.12. The first-order chi connectivity index (χ1) is 5.69. The van der Waals surface area contributed by atoms with Gasteiger partial charge in [-0.1, -0.05) is 11.6 Å². The van der Waals surface area contributed by atoms with E-state index in [-0.39, 0.29) is 0 Å². The monoisotopic (exact) mass is 298 g/mol. The van der Waals surface area contributed by atoms with Gasteiger partial charge in [0.25, 0.3) is 0 Å². The van der Waals surface area contributed by atoms with Crippen LogP contribution in [0, 0.1) is 3.57 Å². The van der Waals surface area contributed by atoms with Crippen LogP contribution < -0.4 is 9.47 Å². The fourth-order valence-corrected chi connectivity index (χ4v) is 2.10. The summed E-state index contributed by atoms with van der Waals surface area (Å²) >= 11 is 7.96. The molecule has 0 saturated carbocycles. The highest BCUT2D eigenvalue weighted by Gasteiger charge is 2.08. The van der Waals surface area contributed by atoms with Crippen LogP contribution in [0.2, 0.25) is 5.02 Å². The van der Waals surface area contributed by atoms with E-state index in [2.05, 4.69) is 22.6 Å². The molecule has 1 aromatic carbocycles. The number of hydrogen-bond acceptors (Lipinski definition) is 2. The summed E-state index contributed by atoms with van der Waals surface area (Å²) in [5.74, 6) is 1.39. The minimum Gasteiger partial charge on any atom is -0.493 e. The molecule has 0 fully saturated rings. The molecule has 0 aliphatic heterocycles. The standard InChI is InChI=1S/C8H8ClIO2/c1-11-7-4-5(9)3-6(10)8(7)12-2/h3-4H,1-2H3. The third-order valence-electron chi connectivity index (χ3n) is 1.40. The first-order valence-corrected chi connectivity index (χ1v) is 4.71. The number of halogens is 2. The van der Waals surface area contributed by atoms with Gasteiger partial charge < -0.3 is 9.47 Å². The maximum atomic E-state index is 5.82. The van der Waals surface area contributed by atoms with Crippen LogP contribution >= 0.6 is 34.2 Å². The lowest BCUT2D eigenvalue weighted by Crippen LogP contribution is -1.92. The summed E-state index contributed by atoms with van der Waals surface area (Å²) in [6.07, 6.45) is 0. The molecular weight excluding hydrogens is 290 g/mol. The van der Waals surface area contributed by atoms with Crippen molar-refractivity contribution in [3.05, 3.63) is 20.7 Å². The molecule has 1 aromatic rings. The van der Waals surface area contributed by atoms with Crippen molar-refractivity contribution in [2.75, 3.05) is 14.2 Å². The van der Waals surface area contributed by atoms with Gasteiger partial charge in [-0.2, -0.15) is 0 Å². The van der Waals surface area contributed by atoms with Crippen molar-refractivity contribution in [1.82, 2.24) is 0 Å². The van der Waals surface area contributed by atoms with Gasteiger partial charge in [-0.15, -0.1) is 0 Å². The van der Waals surface area contributed by atoms with E-state index in [0.29, 0.717) is 10.8 Å². The molecule has 0 saturated heterocycles. The Morgan fingerprint density at radius 1 is 1.25 bits per heavy atom. The van der Waals surface area contributed by atoms with E-state index in [9.17, 15) is 0 Å². The van der Waals surface area contributed by atoms with Gasteiger partial charge in [0, 0.05) is 11.1 Å². The molecule has 0 amide bonds. The number of hydrogen-bond donors (Lipinski definition) is 0. The van der Waals surface area contributed by atoms with Crippen LogP contribution in [-0.2, 0) is 0 Å². The zero-order chi connectivity index (χ0) is 9.14. The van der Waals surface area contributed by atoms with Gasteiger partial charge in [0.15, 0.2) is 11.5 Å². The van der Waals surface area contributed by atoms with E-state index < -0.39 is 0 Å². The normalized spacial score (nSPS) is 9.67.